The summed E-state index contributed by atoms with van der Waals surface area (Å²) in [4.78, 5) is 12.4. The van der Waals surface area contributed by atoms with E-state index in [1.54, 1.807) is 18.0 Å². The van der Waals surface area contributed by atoms with Crippen molar-refractivity contribution in [2.24, 2.45) is 5.10 Å². The van der Waals surface area contributed by atoms with Gasteiger partial charge < -0.3 is 19.5 Å². The number of carbonyl (C=O) groups excluding carboxylic acids is 1. The molecule has 2 N–H and O–H groups in total. The number of benzene rings is 3. The monoisotopic (exact) mass is 483 g/mol. The third kappa shape index (κ3) is 5.15. The highest BCUT2D eigenvalue weighted by Crippen LogP contribution is 2.35. The molecule has 0 bridgehead atoms. The van der Waals surface area contributed by atoms with Gasteiger partial charge in [-0.2, -0.15) is 10.2 Å². The van der Waals surface area contributed by atoms with E-state index in [1.165, 1.54) is 0 Å². The maximum absolute atomic E-state index is 12.4. The summed E-state index contributed by atoms with van der Waals surface area (Å²) in [5.74, 6) is 1.74. The summed E-state index contributed by atoms with van der Waals surface area (Å²) in [6, 6.07) is 22.9. The predicted octanol–water partition coefficient (Wildman–Crippen LogP) is 3.88. The van der Waals surface area contributed by atoms with E-state index in [-0.39, 0.29) is 12.5 Å². The number of para-hydroxylation sites is 3. The summed E-state index contributed by atoms with van der Waals surface area (Å²) in [5.41, 5.74) is 6.46. The first-order chi connectivity index (χ1) is 17.7. The third-order valence-corrected chi connectivity index (χ3v) is 5.52. The Morgan fingerprint density at radius 1 is 1.06 bits per heavy atom. The van der Waals surface area contributed by atoms with Crippen molar-refractivity contribution in [3.05, 3.63) is 84.6 Å². The maximum Gasteiger partial charge on any atom is 0.259 e. The molecule has 1 amide bonds. The largest absolute Gasteiger partial charge is 0.495 e. The third-order valence-electron chi connectivity index (χ3n) is 5.52. The van der Waals surface area contributed by atoms with Crippen LogP contribution >= 0.6 is 0 Å². The van der Waals surface area contributed by atoms with Gasteiger partial charge in [0.25, 0.3) is 5.91 Å². The minimum Gasteiger partial charge on any atom is -0.495 e. The number of hydrazone groups is 1. The van der Waals surface area contributed by atoms with Gasteiger partial charge in [0.15, 0.2) is 11.5 Å². The number of anilines is 1. The summed E-state index contributed by atoms with van der Waals surface area (Å²) < 4.78 is 18.5. The second-order valence-corrected chi connectivity index (χ2v) is 7.92. The van der Waals surface area contributed by atoms with Crippen LogP contribution in [0.1, 0.15) is 5.56 Å². The maximum atomic E-state index is 12.4. The van der Waals surface area contributed by atoms with Gasteiger partial charge in [-0.3, -0.25) is 4.79 Å². The minimum absolute atomic E-state index is 0.0377. The molecule has 1 aliphatic rings. The number of ether oxygens (including phenoxy) is 3. The Bertz CT molecular complexity index is 1380. The predicted molar refractivity (Wildman–Crippen MR) is 137 cm³/mol. The molecule has 5 rings (SSSR count). The molecule has 0 spiro atoms. The van der Waals surface area contributed by atoms with Crippen LogP contribution in [0, 0.1) is 0 Å². The lowest BCUT2D eigenvalue weighted by atomic mass is 10.1. The number of nitrogens with zero attached hydrogens (tertiary/aromatic N) is 3. The van der Waals surface area contributed by atoms with Crippen molar-refractivity contribution < 1.29 is 19.0 Å². The molecule has 0 radical (unpaired) electrons. The van der Waals surface area contributed by atoms with Crippen molar-refractivity contribution in [2.75, 3.05) is 32.2 Å². The average Bonchev–Trinajstić information content (AvgIpc) is 3.36. The highest BCUT2D eigenvalue weighted by molar-refractivity contribution is 5.90. The lowest BCUT2D eigenvalue weighted by Crippen LogP contribution is -2.26. The Morgan fingerprint density at radius 3 is 2.67 bits per heavy atom. The lowest BCUT2D eigenvalue weighted by Gasteiger charge is -2.18. The number of hydrogen-bond acceptors (Lipinski definition) is 7. The van der Waals surface area contributed by atoms with E-state index in [0.717, 1.165) is 22.5 Å². The van der Waals surface area contributed by atoms with E-state index in [2.05, 4.69) is 15.8 Å². The fourth-order valence-corrected chi connectivity index (χ4v) is 3.79. The number of nitrogens with one attached hydrogen (secondary N) is 2. The van der Waals surface area contributed by atoms with Crippen LogP contribution in [0.4, 0.5) is 5.69 Å². The Hall–Kier alpha value is -4.79. The molecule has 0 unspecified atom stereocenters. The van der Waals surface area contributed by atoms with Crippen molar-refractivity contribution in [3.8, 4) is 34.2 Å². The first kappa shape index (κ1) is 23.0. The second-order valence-electron chi connectivity index (χ2n) is 7.92. The number of hydrogen-bond donors (Lipinski definition) is 2. The molecule has 9 heteroatoms. The van der Waals surface area contributed by atoms with E-state index in [0.29, 0.717) is 36.2 Å². The van der Waals surface area contributed by atoms with Crippen molar-refractivity contribution in [1.82, 2.24) is 15.2 Å². The second kappa shape index (κ2) is 10.6. The average molecular weight is 484 g/mol. The molecule has 2 heterocycles. The first-order valence-electron chi connectivity index (χ1n) is 11.4. The van der Waals surface area contributed by atoms with Gasteiger partial charge in [-0.1, -0.05) is 30.3 Å². The molecule has 182 valence electrons. The van der Waals surface area contributed by atoms with Crippen LogP contribution in [0.3, 0.4) is 0 Å². The zero-order chi connectivity index (χ0) is 24.7. The summed E-state index contributed by atoms with van der Waals surface area (Å²) in [7, 11) is 1.58. The van der Waals surface area contributed by atoms with Gasteiger partial charge in [-0.25, -0.2) is 10.1 Å². The molecule has 36 heavy (non-hydrogen) atoms. The zero-order valence-electron chi connectivity index (χ0n) is 19.7. The fraction of sp³-hybridized carbons (Fsp3) is 0.148. The Labute approximate surface area is 208 Å². The Morgan fingerprint density at radius 2 is 1.83 bits per heavy atom. The van der Waals surface area contributed by atoms with E-state index in [1.807, 2.05) is 79.0 Å². The van der Waals surface area contributed by atoms with Crippen molar-refractivity contribution >= 4 is 17.8 Å². The molecule has 1 aliphatic heterocycles. The van der Waals surface area contributed by atoms with E-state index < -0.39 is 0 Å². The van der Waals surface area contributed by atoms with Gasteiger partial charge in [0, 0.05) is 17.3 Å². The van der Waals surface area contributed by atoms with Gasteiger partial charge in [0.1, 0.15) is 24.7 Å². The molecular formula is C27H25N5O4. The molecule has 0 aliphatic carbocycles. The molecule has 3 aromatic carbocycles. The molecule has 4 aromatic rings. The van der Waals surface area contributed by atoms with Gasteiger partial charge in [-0.15, -0.1) is 0 Å². The normalized spacial score (nSPS) is 12.4. The first-order valence-corrected chi connectivity index (χ1v) is 11.4. The highest BCUT2D eigenvalue weighted by atomic mass is 16.6. The van der Waals surface area contributed by atoms with E-state index in [9.17, 15) is 4.79 Å². The van der Waals surface area contributed by atoms with E-state index in [4.69, 9.17) is 19.3 Å². The molecule has 0 fully saturated rings. The molecule has 0 saturated carbocycles. The van der Waals surface area contributed by atoms with Crippen LogP contribution < -0.4 is 25.0 Å². The topological polar surface area (TPSA) is 99.0 Å². The van der Waals surface area contributed by atoms with Crippen molar-refractivity contribution in [3.63, 3.8) is 0 Å². The summed E-state index contributed by atoms with van der Waals surface area (Å²) in [6.45, 7) is 1.06. The highest BCUT2D eigenvalue weighted by Gasteiger charge is 2.17. The van der Waals surface area contributed by atoms with Crippen LogP contribution in [0.2, 0.25) is 0 Å². The number of aromatic nitrogens is 2. The zero-order valence-corrected chi connectivity index (χ0v) is 19.7. The fourth-order valence-electron chi connectivity index (χ4n) is 3.79. The summed E-state index contributed by atoms with van der Waals surface area (Å²) in [6.07, 6.45) is 3.45. The molecule has 1 aromatic heterocycles. The molecule has 0 atom stereocenters. The smallest absolute Gasteiger partial charge is 0.259 e. The summed E-state index contributed by atoms with van der Waals surface area (Å²) >= 11 is 0. The van der Waals surface area contributed by atoms with Gasteiger partial charge in [0.05, 0.1) is 31.2 Å². The van der Waals surface area contributed by atoms with Crippen LogP contribution in [0.15, 0.2) is 84.1 Å². The number of carbonyl (C=O) groups is 1. The summed E-state index contributed by atoms with van der Waals surface area (Å²) in [5, 5.41) is 12.0. The number of rotatable bonds is 8. The van der Waals surface area contributed by atoms with Gasteiger partial charge >= 0.3 is 0 Å². The van der Waals surface area contributed by atoms with Crippen LogP contribution in [0.5, 0.6) is 17.2 Å². The molecule has 0 saturated heterocycles. The number of methoxy groups -OCH3 is 1. The number of fused-ring (bicyclic) bond motifs is 1. The lowest BCUT2D eigenvalue weighted by molar-refractivity contribution is -0.119. The van der Waals surface area contributed by atoms with Crippen LogP contribution in [-0.4, -0.2) is 48.8 Å². The van der Waals surface area contributed by atoms with E-state index >= 15 is 0 Å². The van der Waals surface area contributed by atoms with Gasteiger partial charge in [0.2, 0.25) is 0 Å². The quantitative estimate of drug-likeness (QED) is 0.292. The minimum atomic E-state index is -0.298. The SMILES string of the molecule is COc1ccccc1NCC(=O)NN=Cc1cn(-c2ccccc2)nc1-c1ccc2c(c1)OCCO2. The Kier molecular flexibility index (Phi) is 6.79. The van der Waals surface area contributed by atoms with Crippen molar-refractivity contribution in [2.45, 2.75) is 0 Å². The van der Waals surface area contributed by atoms with Crippen LogP contribution in [-0.2, 0) is 4.79 Å². The molecule has 9 nitrogen and oxygen atoms in total. The Balaban J connectivity index is 1.35. The van der Waals surface area contributed by atoms with Gasteiger partial charge in [-0.05, 0) is 42.5 Å². The number of amides is 1. The van der Waals surface area contributed by atoms with Crippen molar-refractivity contribution in [1.29, 1.82) is 0 Å². The van der Waals surface area contributed by atoms with Crippen LogP contribution in [0.25, 0.3) is 16.9 Å². The standard InChI is InChI=1S/C27H25N5O4/c1-34-23-10-6-5-9-22(23)28-17-26(33)30-29-16-20-18-32(21-7-3-2-4-8-21)31-27(20)19-11-12-24-25(15-19)36-14-13-35-24/h2-12,15-16,18,28H,13-14,17H2,1H3,(H,30,33). The molecular weight excluding hydrogens is 458 g/mol.